The minimum atomic E-state index is 0.710. The summed E-state index contributed by atoms with van der Waals surface area (Å²) >= 11 is 0. The molecule has 1 fully saturated rings. The summed E-state index contributed by atoms with van der Waals surface area (Å²) in [5.41, 5.74) is 6.51. The van der Waals surface area contributed by atoms with Gasteiger partial charge in [-0.05, 0) is 32.0 Å². The zero-order valence-corrected chi connectivity index (χ0v) is 9.86. The van der Waals surface area contributed by atoms with Gasteiger partial charge in [0.25, 0.3) is 0 Å². The Morgan fingerprint density at radius 2 is 2.12 bits per heavy atom. The number of nitrogen functional groups attached to an aromatic ring is 1. The first kappa shape index (κ1) is 11.3. The quantitative estimate of drug-likeness (QED) is 0.773. The average molecular weight is 220 g/mol. The zero-order chi connectivity index (χ0) is 11.4. The third-order valence-corrected chi connectivity index (χ3v) is 3.32. The van der Waals surface area contributed by atoms with E-state index >= 15 is 0 Å². The van der Waals surface area contributed by atoms with Crippen LogP contribution in [-0.4, -0.2) is 31.1 Å². The third kappa shape index (κ3) is 2.67. The van der Waals surface area contributed by atoms with Crippen LogP contribution >= 0.6 is 0 Å². The van der Waals surface area contributed by atoms with Crippen molar-refractivity contribution in [3.8, 4) is 5.75 Å². The second-order valence-electron chi connectivity index (χ2n) is 4.45. The monoisotopic (exact) mass is 220 g/mol. The van der Waals surface area contributed by atoms with Crippen molar-refractivity contribution in [3.05, 3.63) is 24.3 Å². The van der Waals surface area contributed by atoms with E-state index in [1.807, 2.05) is 24.3 Å². The van der Waals surface area contributed by atoms with Gasteiger partial charge in [-0.3, -0.25) is 0 Å². The molecule has 0 aliphatic heterocycles. The maximum Gasteiger partial charge on any atom is 0.142 e. The Balaban J connectivity index is 1.73. The van der Waals surface area contributed by atoms with Gasteiger partial charge in [0.2, 0.25) is 0 Å². The third-order valence-electron chi connectivity index (χ3n) is 3.32. The second-order valence-corrected chi connectivity index (χ2v) is 4.45. The van der Waals surface area contributed by atoms with Gasteiger partial charge in [0.1, 0.15) is 12.4 Å². The van der Waals surface area contributed by atoms with Gasteiger partial charge in [-0.1, -0.05) is 18.6 Å². The molecule has 1 aromatic carbocycles. The first-order valence-electron chi connectivity index (χ1n) is 5.95. The van der Waals surface area contributed by atoms with E-state index in [2.05, 4.69) is 11.9 Å². The molecule has 1 aromatic rings. The molecule has 0 aromatic heterocycles. The summed E-state index contributed by atoms with van der Waals surface area (Å²) < 4.78 is 5.66. The van der Waals surface area contributed by atoms with Gasteiger partial charge in [-0.15, -0.1) is 0 Å². The van der Waals surface area contributed by atoms with Gasteiger partial charge >= 0.3 is 0 Å². The SMILES string of the molecule is CN(CCOc1ccccc1N)C1CCC1. The lowest BCUT2D eigenvalue weighted by molar-refractivity contribution is 0.135. The highest BCUT2D eigenvalue weighted by Gasteiger charge is 2.21. The van der Waals surface area contributed by atoms with E-state index in [1.54, 1.807) is 0 Å². The lowest BCUT2D eigenvalue weighted by Gasteiger charge is -2.34. The molecule has 1 saturated carbocycles. The van der Waals surface area contributed by atoms with Crippen LogP contribution in [0.25, 0.3) is 0 Å². The molecule has 1 aliphatic rings. The van der Waals surface area contributed by atoms with E-state index in [0.717, 1.165) is 18.3 Å². The Hall–Kier alpha value is -1.22. The highest BCUT2D eigenvalue weighted by molar-refractivity contribution is 5.51. The van der Waals surface area contributed by atoms with Crippen molar-refractivity contribution in [1.29, 1.82) is 0 Å². The number of para-hydroxylation sites is 2. The summed E-state index contributed by atoms with van der Waals surface area (Å²) in [6.45, 7) is 1.68. The second kappa shape index (κ2) is 5.21. The molecule has 3 nitrogen and oxygen atoms in total. The lowest BCUT2D eigenvalue weighted by atomic mass is 9.92. The molecule has 0 bridgehead atoms. The zero-order valence-electron chi connectivity index (χ0n) is 9.86. The van der Waals surface area contributed by atoms with Gasteiger partial charge in [-0.2, -0.15) is 0 Å². The summed E-state index contributed by atoms with van der Waals surface area (Å²) in [7, 11) is 2.17. The number of nitrogens with two attached hydrogens (primary N) is 1. The van der Waals surface area contributed by atoms with Crippen LogP contribution in [0.2, 0.25) is 0 Å². The first-order valence-corrected chi connectivity index (χ1v) is 5.95. The summed E-state index contributed by atoms with van der Waals surface area (Å²) in [5.74, 6) is 0.796. The minimum Gasteiger partial charge on any atom is -0.490 e. The molecule has 16 heavy (non-hydrogen) atoms. The van der Waals surface area contributed by atoms with Gasteiger partial charge in [-0.25, -0.2) is 0 Å². The fourth-order valence-electron chi connectivity index (χ4n) is 1.92. The topological polar surface area (TPSA) is 38.5 Å². The number of rotatable bonds is 5. The standard InChI is InChI=1S/C13H20N2O/c1-15(11-5-4-6-11)9-10-16-13-8-3-2-7-12(13)14/h2-3,7-8,11H,4-6,9-10,14H2,1H3. The van der Waals surface area contributed by atoms with Crippen LogP contribution in [0.3, 0.4) is 0 Å². The number of likely N-dealkylation sites (N-methyl/N-ethyl adjacent to an activating group) is 1. The predicted molar refractivity (Wildman–Crippen MR) is 66.6 cm³/mol. The molecule has 2 N–H and O–H groups in total. The molecule has 2 rings (SSSR count). The number of ether oxygens (including phenoxy) is 1. The maximum absolute atomic E-state index is 5.80. The molecule has 0 amide bonds. The number of hydrogen-bond donors (Lipinski definition) is 1. The lowest BCUT2D eigenvalue weighted by Crippen LogP contribution is -2.39. The largest absolute Gasteiger partial charge is 0.490 e. The summed E-state index contributed by atoms with van der Waals surface area (Å²) in [6.07, 6.45) is 4.05. The van der Waals surface area contributed by atoms with Crippen LogP contribution in [0, 0.1) is 0 Å². The summed E-state index contributed by atoms with van der Waals surface area (Å²) in [5, 5.41) is 0. The van der Waals surface area contributed by atoms with Crippen molar-refractivity contribution in [2.45, 2.75) is 25.3 Å². The van der Waals surface area contributed by atoms with Crippen LogP contribution in [0.5, 0.6) is 5.75 Å². The summed E-state index contributed by atoms with van der Waals surface area (Å²) in [4.78, 5) is 2.38. The van der Waals surface area contributed by atoms with Crippen LogP contribution in [0.15, 0.2) is 24.3 Å². The molecule has 0 heterocycles. The van der Waals surface area contributed by atoms with Gasteiger partial charge in [0.15, 0.2) is 0 Å². The smallest absolute Gasteiger partial charge is 0.142 e. The molecule has 1 aliphatic carbocycles. The maximum atomic E-state index is 5.80. The fourth-order valence-corrected chi connectivity index (χ4v) is 1.92. The van der Waals surface area contributed by atoms with E-state index in [-0.39, 0.29) is 0 Å². The number of nitrogens with zero attached hydrogens (tertiary/aromatic N) is 1. The Labute approximate surface area is 97.2 Å². The highest BCUT2D eigenvalue weighted by atomic mass is 16.5. The van der Waals surface area contributed by atoms with E-state index in [9.17, 15) is 0 Å². The van der Waals surface area contributed by atoms with Gasteiger partial charge in [0, 0.05) is 12.6 Å². The van der Waals surface area contributed by atoms with E-state index in [0.29, 0.717) is 12.3 Å². The highest BCUT2D eigenvalue weighted by Crippen LogP contribution is 2.23. The summed E-state index contributed by atoms with van der Waals surface area (Å²) in [6, 6.07) is 8.42. The molecule has 0 atom stereocenters. The number of anilines is 1. The first-order chi connectivity index (χ1) is 7.77. The van der Waals surface area contributed by atoms with Gasteiger partial charge < -0.3 is 15.4 Å². The van der Waals surface area contributed by atoms with Crippen LogP contribution in [0.4, 0.5) is 5.69 Å². The molecule has 3 heteroatoms. The predicted octanol–water partition coefficient (Wildman–Crippen LogP) is 2.13. The van der Waals surface area contributed by atoms with Crippen molar-refractivity contribution in [3.63, 3.8) is 0 Å². The Morgan fingerprint density at radius 1 is 1.38 bits per heavy atom. The molecule has 88 valence electrons. The van der Waals surface area contributed by atoms with E-state index in [4.69, 9.17) is 10.5 Å². The van der Waals surface area contributed by atoms with Crippen molar-refractivity contribution >= 4 is 5.69 Å². The van der Waals surface area contributed by atoms with Crippen LogP contribution < -0.4 is 10.5 Å². The average Bonchev–Trinajstić information content (AvgIpc) is 2.18. The molecule has 0 saturated heterocycles. The molecular formula is C13H20N2O. The van der Waals surface area contributed by atoms with E-state index < -0.39 is 0 Å². The van der Waals surface area contributed by atoms with Crippen LogP contribution in [-0.2, 0) is 0 Å². The van der Waals surface area contributed by atoms with Crippen molar-refractivity contribution in [1.82, 2.24) is 4.90 Å². The molecule has 0 spiro atoms. The van der Waals surface area contributed by atoms with Crippen molar-refractivity contribution in [2.75, 3.05) is 25.9 Å². The fraction of sp³-hybridized carbons (Fsp3) is 0.538. The normalized spacial score (nSPS) is 16.1. The van der Waals surface area contributed by atoms with Crippen molar-refractivity contribution < 1.29 is 4.74 Å². The Kier molecular flexibility index (Phi) is 3.67. The number of benzene rings is 1. The van der Waals surface area contributed by atoms with Gasteiger partial charge in [0.05, 0.1) is 5.69 Å². The molecule has 0 radical (unpaired) electrons. The molecular weight excluding hydrogens is 200 g/mol. The van der Waals surface area contributed by atoms with E-state index in [1.165, 1.54) is 19.3 Å². The molecule has 0 unspecified atom stereocenters. The Bertz CT molecular complexity index is 336. The van der Waals surface area contributed by atoms with Crippen molar-refractivity contribution in [2.24, 2.45) is 0 Å². The Morgan fingerprint density at radius 3 is 2.75 bits per heavy atom. The van der Waals surface area contributed by atoms with Crippen LogP contribution in [0.1, 0.15) is 19.3 Å². The number of hydrogen-bond acceptors (Lipinski definition) is 3. The minimum absolute atomic E-state index is 0.710.